The molecule has 1 aromatic rings. The van der Waals surface area contributed by atoms with Gasteiger partial charge in [0, 0.05) is 0 Å². The highest BCUT2D eigenvalue weighted by Crippen LogP contribution is 2.27. The van der Waals surface area contributed by atoms with Gasteiger partial charge in [0.1, 0.15) is 6.29 Å². The van der Waals surface area contributed by atoms with E-state index in [1.54, 1.807) is 14.2 Å². The van der Waals surface area contributed by atoms with Gasteiger partial charge in [-0.25, -0.2) is 0 Å². The average molecular weight is 223 g/mol. The third kappa shape index (κ3) is 3.55. The van der Waals surface area contributed by atoms with Gasteiger partial charge >= 0.3 is 0 Å². The Bertz CT molecular complexity index is 339. The zero-order valence-corrected chi connectivity index (χ0v) is 9.66. The highest BCUT2D eigenvalue weighted by molar-refractivity contribution is 5.51. The van der Waals surface area contributed by atoms with E-state index in [1.807, 2.05) is 18.2 Å². The minimum Gasteiger partial charge on any atom is -0.493 e. The second kappa shape index (κ2) is 6.85. The van der Waals surface area contributed by atoms with Crippen molar-refractivity contribution in [2.24, 2.45) is 0 Å². The quantitative estimate of drug-likeness (QED) is 0.554. The molecule has 0 saturated heterocycles. The van der Waals surface area contributed by atoms with Crippen molar-refractivity contribution >= 4 is 6.29 Å². The molecule has 0 unspecified atom stereocenters. The molecule has 0 aliphatic heterocycles. The van der Waals surface area contributed by atoms with E-state index < -0.39 is 0 Å². The van der Waals surface area contributed by atoms with Gasteiger partial charge in [0.15, 0.2) is 11.5 Å². The molecule has 0 spiro atoms. The number of aldehydes is 1. The molecule has 4 heteroatoms. The first-order chi connectivity index (χ1) is 7.81. The van der Waals surface area contributed by atoms with Gasteiger partial charge < -0.3 is 19.6 Å². The van der Waals surface area contributed by atoms with Gasteiger partial charge in [0.05, 0.1) is 20.8 Å². The maximum Gasteiger partial charge on any atom is 0.160 e. The molecule has 0 aliphatic rings. The molecule has 1 rings (SSSR count). The molecule has 4 nitrogen and oxygen atoms in total. The Labute approximate surface area is 95.6 Å². The maximum absolute atomic E-state index is 10.1. The van der Waals surface area contributed by atoms with Crippen molar-refractivity contribution in [1.29, 1.82) is 0 Å². The lowest BCUT2D eigenvalue weighted by Gasteiger charge is -2.09. The van der Waals surface area contributed by atoms with Gasteiger partial charge in [0.2, 0.25) is 0 Å². The summed E-state index contributed by atoms with van der Waals surface area (Å²) < 4.78 is 10.4. The summed E-state index contributed by atoms with van der Waals surface area (Å²) in [5, 5.41) is 3.01. The van der Waals surface area contributed by atoms with Crippen LogP contribution in [0.15, 0.2) is 18.2 Å². The van der Waals surface area contributed by atoms with Crippen molar-refractivity contribution in [3.05, 3.63) is 23.8 Å². The summed E-state index contributed by atoms with van der Waals surface area (Å²) >= 11 is 0. The monoisotopic (exact) mass is 223 g/mol. The molecule has 0 radical (unpaired) electrons. The van der Waals surface area contributed by atoms with Crippen LogP contribution in [0.25, 0.3) is 0 Å². The van der Waals surface area contributed by atoms with Crippen LogP contribution in [-0.2, 0) is 11.2 Å². The molecule has 88 valence electrons. The number of hydrogen-bond donors (Lipinski definition) is 1. The molecule has 1 N–H and O–H groups in total. The summed E-state index contributed by atoms with van der Waals surface area (Å²) in [5.74, 6) is 1.46. The van der Waals surface area contributed by atoms with Crippen molar-refractivity contribution in [1.82, 2.24) is 5.32 Å². The first kappa shape index (κ1) is 12.5. The molecule has 0 saturated carbocycles. The summed E-state index contributed by atoms with van der Waals surface area (Å²) in [4.78, 5) is 10.1. The van der Waals surface area contributed by atoms with E-state index in [-0.39, 0.29) is 0 Å². The summed E-state index contributed by atoms with van der Waals surface area (Å²) in [6.45, 7) is 1.17. The second-order valence-corrected chi connectivity index (χ2v) is 3.31. The summed E-state index contributed by atoms with van der Waals surface area (Å²) in [7, 11) is 3.23. The van der Waals surface area contributed by atoms with Crippen LogP contribution in [0.3, 0.4) is 0 Å². The largest absolute Gasteiger partial charge is 0.493 e. The fourth-order valence-electron chi connectivity index (χ4n) is 1.43. The minimum atomic E-state index is 0.396. The van der Waals surface area contributed by atoms with Crippen LogP contribution in [0.2, 0.25) is 0 Å². The molecule has 0 heterocycles. The van der Waals surface area contributed by atoms with E-state index in [0.29, 0.717) is 6.54 Å². The Morgan fingerprint density at radius 1 is 1.25 bits per heavy atom. The SMILES string of the molecule is COc1ccc(CCNCC=O)cc1OC. The van der Waals surface area contributed by atoms with E-state index in [1.165, 1.54) is 0 Å². The molecule has 0 fully saturated rings. The molecule has 0 atom stereocenters. The second-order valence-electron chi connectivity index (χ2n) is 3.31. The normalized spacial score (nSPS) is 9.88. The zero-order valence-electron chi connectivity index (χ0n) is 9.66. The number of rotatable bonds is 7. The van der Waals surface area contributed by atoms with Gasteiger partial charge in [0.25, 0.3) is 0 Å². The van der Waals surface area contributed by atoms with Crippen molar-refractivity contribution in [3.8, 4) is 11.5 Å². The van der Waals surface area contributed by atoms with Gasteiger partial charge in [-0.15, -0.1) is 0 Å². The molecular weight excluding hydrogens is 206 g/mol. The molecule has 0 aliphatic carbocycles. The Morgan fingerprint density at radius 3 is 2.62 bits per heavy atom. The molecule has 16 heavy (non-hydrogen) atoms. The van der Waals surface area contributed by atoms with Gasteiger partial charge in [-0.1, -0.05) is 6.07 Å². The highest BCUT2D eigenvalue weighted by Gasteiger charge is 2.03. The Balaban J connectivity index is 2.57. The molecular formula is C12H17NO3. The molecule has 0 aromatic heterocycles. The number of hydrogen-bond acceptors (Lipinski definition) is 4. The van der Waals surface area contributed by atoms with E-state index >= 15 is 0 Å². The predicted octanol–water partition coefficient (Wildman–Crippen LogP) is 1.03. The van der Waals surface area contributed by atoms with E-state index in [2.05, 4.69) is 5.32 Å². The summed E-state index contributed by atoms with van der Waals surface area (Å²) in [5.41, 5.74) is 1.15. The minimum absolute atomic E-state index is 0.396. The van der Waals surface area contributed by atoms with Crippen molar-refractivity contribution < 1.29 is 14.3 Å². The van der Waals surface area contributed by atoms with Gasteiger partial charge in [-0.05, 0) is 30.7 Å². The van der Waals surface area contributed by atoms with E-state index in [4.69, 9.17) is 9.47 Å². The van der Waals surface area contributed by atoms with Crippen molar-refractivity contribution in [2.45, 2.75) is 6.42 Å². The summed E-state index contributed by atoms with van der Waals surface area (Å²) in [6.07, 6.45) is 1.71. The lowest BCUT2D eigenvalue weighted by atomic mass is 10.1. The maximum atomic E-state index is 10.1. The van der Waals surface area contributed by atoms with Crippen LogP contribution in [0.1, 0.15) is 5.56 Å². The lowest BCUT2D eigenvalue weighted by molar-refractivity contribution is -0.107. The first-order valence-electron chi connectivity index (χ1n) is 5.17. The van der Waals surface area contributed by atoms with Crippen LogP contribution in [0, 0.1) is 0 Å². The number of ether oxygens (including phenoxy) is 2. The Kier molecular flexibility index (Phi) is 5.36. The lowest BCUT2D eigenvalue weighted by Crippen LogP contribution is -2.19. The number of carbonyl (C=O) groups is 1. The van der Waals surface area contributed by atoms with E-state index in [0.717, 1.165) is 36.3 Å². The highest BCUT2D eigenvalue weighted by atomic mass is 16.5. The Morgan fingerprint density at radius 2 is 2.00 bits per heavy atom. The van der Waals surface area contributed by atoms with Crippen LogP contribution in [0.5, 0.6) is 11.5 Å². The van der Waals surface area contributed by atoms with Crippen molar-refractivity contribution in [3.63, 3.8) is 0 Å². The number of nitrogens with one attached hydrogen (secondary N) is 1. The molecule has 0 amide bonds. The summed E-state index contributed by atoms with van der Waals surface area (Å²) in [6, 6.07) is 5.82. The predicted molar refractivity (Wildman–Crippen MR) is 62.2 cm³/mol. The zero-order chi connectivity index (χ0) is 11.8. The van der Waals surface area contributed by atoms with Crippen LogP contribution in [-0.4, -0.2) is 33.6 Å². The fraction of sp³-hybridized carbons (Fsp3) is 0.417. The fourth-order valence-corrected chi connectivity index (χ4v) is 1.43. The standard InChI is InChI=1S/C12H17NO3/c1-15-11-4-3-10(9-12(11)16-2)5-6-13-7-8-14/h3-4,8-9,13H,5-7H2,1-2H3. The van der Waals surface area contributed by atoms with Gasteiger partial charge in [-0.3, -0.25) is 0 Å². The topological polar surface area (TPSA) is 47.6 Å². The number of methoxy groups -OCH3 is 2. The van der Waals surface area contributed by atoms with E-state index in [9.17, 15) is 4.79 Å². The number of carbonyl (C=O) groups excluding carboxylic acids is 1. The van der Waals surface area contributed by atoms with Crippen LogP contribution >= 0.6 is 0 Å². The first-order valence-corrected chi connectivity index (χ1v) is 5.17. The smallest absolute Gasteiger partial charge is 0.160 e. The average Bonchev–Trinajstić information content (AvgIpc) is 2.34. The van der Waals surface area contributed by atoms with Crippen molar-refractivity contribution in [2.75, 3.05) is 27.3 Å². The number of benzene rings is 1. The Hall–Kier alpha value is -1.55. The van der Waals surface area contributed by atoms with Crippen LogP contribution < -0.4 is 14.8 Å². The third-order valence-electron chi connectivity index (χ3n) is 2.27. The van der Waals surface area contributed by atoms with Crippen LogP contribution in [0.4, 0.5) is 0 Å². The molecule has 1 aromatic carbocycles. The van der Waals surface area contributed by atoms with Gasteiger partial charge in [-0.2, -0.15) is 0 Å². The molecule has 0 bridgehead atoms. The third-order valence-corrected chi connectivity index (χ3v) is 2.27.